The number of carbonyl (C=O) groups excluding carboxylic acids is 1. The van der Waals surface area contributed by atoms with Crippen molar-refractivity contribution < 1.29 is 28.0 Å². The minimum absolute atomic E-state index is 0.0281. The van der Waals surface area contributed by atoms with Gasteiger partial charge in [0.15, 0.2) is 0 Å². The highest BCUT2D eigenvalue weighted by atomic mass is 31.2. The standard InChI is InChI=1S/C31H65NO5P/c1-6-8-9-10-11-12-13-14-15-16-17-18-19-21-25-35-28-30(27-31(33)23-7-2)29-37-38(34)36-26-22-20-24-32(3,4)5/h30,34H,6-29H2,1-5H3/q+1. The van der Waals surface area contributed by atoms with Gasteiger partial charge < -0.3 is 23.2 Å². The molecule has 0 aromatic heterocycles. The van der Waals surface area contributed by atoms with E-state index in [1.165, 1.54) is 83.5 Å². The zero-order valence-corrected chi connectivity index (χ0v) is 26.9. The second-order valence-electron chi connectivity index (χ2n) is 12.1. The predicted octanol–water partition coefficient (Wildman–Crippen LogP) is 8.60. The fourth-order valence-corrected chi connectivity index (χ4v) is 5.25. The second-order valence-corrected chi connectivity index (χ2v) is 13.1. The Balaban J connectivity index is 3.84. The molecule has 0 spiro atoms. The highest BCUT2D eigenvalue weighted by Crippen LogP contribution is 2.34. The molecule has 0 saturated carbocycles. The molecule has 0 aliphatic heterocycles. The molecule has 0 radical (unpaired) electrons. The van der Waals surface area contributed by atoms with Gasteiger partial charge in [-0.1, -0.05) is 97.3 Å². The van der Waals surface area contributed by atoms with Crippen LogP contribution in [0.2, 0.25) is 0 Å². The first-order chi connectivity index (χ1) is 18.3. The minimum atomic E-state index is -1.90. The van der Waals surface area contributed by atoms with E-state index in [0.29, 0.717) is 32.7 Å². The molecule has 6 nitrogen and oxygen atoms in total. The summed E-state index contributed by atoms with van der Waals surface area (Å²) in [5.74, 6) is 0.212. The van der Waals surface area contributed by atoms with E-state index in [-0.39, 0.29) is 11.7 Å². The molecule has 0 aliphatic carbocycles. The number of hydrogen-bond donors (Lipinski definition) is 1. The molecule has 2 unspecified atom stereocenters. The fraction of sp³-hybridized carbons (Fsp3) is 0.968. The molecule has 0 aromatic carbocycles. The average Bonchev–Trinajstić information content (AvgIpc) is 2.86. The normalized spacial score (nSPS) is 13.6. The van der Waals surface area contributed by atoms with Gasteiger partial charge in [-0.25, -0.2) is 0 Å². The van der Waals surface area contributed by atoms with E-state index in [1.807, 2.05) is 6.92 Å². The summed E-state index contributed by atoms with van der Waals surface area (Å²) in [6.45, 7) is 7.40. The van der Waals surface area contributed by atoms with Gasteiger partial charge in [0.25, 0.3) is 0 Å². The second kappa shape index (κ2) is 27.1. The minimum Gasteiger partial charge on any atom is -0.381 e. The van der Waals surface area contributed by atoms with Gasteiger partial charge in [-0.05, 0) is 25.7 Å². The first-order valence-corrected chi connectivity index (χ1v) is 17.1. The van der Waals surface area contributed by atoms with Gasteiger partial charge in [0.05, 0.1) is 47.5 Å². The molecule has 0 fully saturated rings. The highest BCUT2D eigenvalue weighted by molar-refractivity contribution is 7.40. The van der Waals surface area contributed by atoms with Gasteiger partial charge in [-0.15, -0.1) is 0 Å². The van der Waals surface area contributed by atoms with E-state index >= 15 is 0 Å². The SMILES string of the molecule is CCCCCCCCCCCCCCCCOCC(COP(O)OCCCC[N+](C)(C)C)CC(=O)CCC. The monoisotopic (exact) mass is 562 g/mol. The largest absolute Gasteiger partial charge is 0.381 e. The molecular formula is C31H65NO5P+. The maximum absolute atomic E-state index is 12.2. The summed E-state index contributed by atoms with van der Waals surface area (Å²) >= 11 is 0. The van der Waals surface area contributed by atoms with Crippen molar-refractivity contribution in [3.05, 3.63) is 0 Å². The summed E-state index contributed by atoms with van der Waals surface area (Å²) in [6, 6.07) is 0. The number of carbonyl (C=O) groups is 1. The Labute approximate surface area is 238 Å². The molecule has 38 heavy (non-hydrogen) atoms. The number of Topliss-reactive ketones (excluding diaryl/α,β-unsaturated/α-hetero) is 1. The average molecular weight is 563 g/mol. The third-order valence-electron chi connectivity index (χ3n) is 6.89. The lowest BCUT2D eigenvalue weighted by Crippen LogP contribution is -2.35. The molecule has 0 heterocycles. The summed E-state index contributed by atoms with van der Waals surface area (Å²) in [5, 5.41) is 0. The third kappa shape index (κ3) is 28.9. The Morgan fingerprint density at radius 1 is 0.684 bits per heavy atom. The van der Waals surface area contributed by atoms with Crippen LogP contribution in [0.1, 0.15) is 136 Å². The van der Waals surface area contributed by atoms with Gasteiger partial charge in [0, 0.05) is 25.4 Å². The van der Waals surface area contributed by atoms with E-state index in [2.05, 4.69) is 28.1 Å². The molecule has 228 valence electrons. The van der Waals surface area contributed by atoms with Crippen LogP contribution in [0, 0.1) is 5.92 Å². The van der Waals surface area contributed by atoms with Crippen molar-refractivity contribution in [2.75, 3.05) is 54.1 Å². The Morgan fingerprint density at radius 3 is 1.74 bits per heavy atom. The Hall–Kier alpha value is -0.100. The van der Waals surface area contributed by atoms with Gasteiger partial charge in [0.2, 0.25) is 0 Å². The number of ketones is 1. The lowest BCUT2D eigenvalue weighted by atomic mass is 10.0. The van der Waals surface area contributed by atoms with Crippen molar-refractivity contribution in [2.24, 2.45) is 5.92 Å². The van der Waals surface area contributed by atoms with Gasteiger partial charge >= 0.3 is 8.60 Å². The molecule has 7 heteroatoms. The van der Waals surface area contributed by atoms with Crippen LogP contribution in [0.25, 0.3) is 0 Å². The summed E-state index contributed by atoms with van der Waals surface area (Å²) in [7, 11) is 4.61. The molecule has 1 N–H and O–H groups in total. The molecule has 0 aliphatic rings. The van der Waals surface area contributed by atoms with Crippen molar-refractivity contribution in [1.82, 2.24) is 0 Å². The van der Waals surface area contributed by atoms with Crippen LogP contribution in [0.3, 0.4) is 0 Å². The first kappa shape index (κ1) is 37.9. The van der Waals surface area contributed by atoms with Gasteiger partial charge in [-0.3, -0.25) is 4.79 Å². The molecular weight excluding hydrogens is 497 g/mol. The maximum atomic E-state index is 12.2. The smallest absolute Gasteiger partial charge is 0.329 e. The maximum Gasteiger partial charge on any atom is 0.329 e. The molecule has 2 atom stereocenters. The molecule has 0 saturated heterocycles. The molecule has 0 amide bonds. The van der Waals surface area contributed by atoms with Crippen LogP contribution in [0.15, 0.2) is 0 Å². The quantitative estimate of drug-likeness (QED) is 0.0539. The van der Waals surface area contributed by atoms with E-state index < -0.39 is 8.60 Å². The van der Waals surface area contributed by atoms with Gasteiger partial charge in [0.1, 0.15) is 5.78 Å². The lowest BCUT2D eigenvalue weighted by molar-refractivity contribution is -0.870. The molecule has 0 rings (SSSR count). The van der Waals surface area contributed by atoms with Crippen LogP contribution in [-0.2, 0) is 18.6 Å². The van der Waals surface area contributed by atoms with E-state index in [4.69, 9.17) is 13.8 Å². The van der Waals surface area contributed by atoms with Crippen LogP contribution >= 0.6 is 8.60 Å². The molecule has 0 aromatic rings. The van der Waals surface area contributed by atoms with Crippen LogP contribution in [0.4, 0.5) is 0 Å². The van der Waals surface area contributed by atoms with Crippen LogP contribution in [-0.4, -0.2) is 69.3 Å². The Morgan fingerprint density at radius 2 is 1.21 bits per heavy atom. The number of unbranched alkanes of at least 4 members (excludes halogenated alkanes) is 14. The van der Waals surface area contributed by atoms with Crippen molar-refractivity contribution in [3.63, 3.8) is 0 Å². The molecule has 0 bridgehead atoms. The van der Waals surface area contributed by atoms with Crippen molar-refractivity contribution in [1.29, 1.82) is 0 Å². The Kier molecular flexibility index (Phi) is 27.0. The summed E-state index contributed by atoms with van der Waals surface area (Å²) in [5.41, 5.74) is 0. The number of ether oxygens (including phenoxy) is 1. The summed E-state index contributed by atoms with van der Waals surface area (Å²) < 4.78 is 17.9. The third-order valence-corrected chi connectivity index (χ3v) is 7.66. The zero-order chi connectivity index (χ0) is 28.3. The van der Waals surface area contributed by atoms with Crippen molar-refractivity contribution in [2.45, 2.75) is 136 Å². The Bertz CT molecular complexity index is 515. The van der Waals surface area contributed by atoms with Crippen molar-refractivity contribution >= 4 is 14.4 Å². The number of rotatable bonds is 30. The number of quaternary nitrogens is 1. The topological polar surface area (TPSA) is 65.0 Å². The van der Waals surface area contributed by atoms with Crippen molar-refractivity contribution in [3.8, 4) is 0 Å². The van der Waals surface area contributed by atoms with Crippen LogP contribution in [0.5, 0.6) is 0 Å². The number of nitrogens with zero attached hydrogens (tertiary/aromatic N) is 1. The lowest BCUT2D eigenvalue weighted by Gasteiger charge is -2.23. The summed E-state index contributed by atoms with van der Waals surface area (Å²) in [6.07, 6.45) is 22.7. The van der Waals surface area contributed by atoms with E-state index in [1.54, 1.807) is 0 Å². The van der Waals surface area contributed by atoms with E-state index in [9.17, 15) is 9.69 Å². The number of hydrogen-bond acceptors (Lipinski definition) is 5. The first-order valence-electron chi connectivity index (χ1n) is 15.9. The van der Waals surface area contributed by atoms with Crippen LogP contribution < -0.4 is 0 Å². The van der Waals surface area contributed by atoms with E-state index in [0.717, 1.165) is 43.3 Å². The summed E-state index contributed by atoms with van der Waals surface area (Å²) in [4.78, 5) is 22.3. The zero-order valence-electron chi connectivity index (χ0n) is 26.0. The predicted molar refractivity (Wildman–Crippen MR) is 162 cm³/mol. The van der Waals surface area contributed by atoms with Gasteiger partial charge in [-0.2, -0.15) is 0 Å². The fourth-order valence-electron chi connectivity index (χ4n) is 4.55. The highest BCUT2D eigenvalue weighted by Gasteiger charge is 2.18.